The third kappa shape index (κ3) is 3.94. The SMILES string of the molecule is N#Cc1cnc(N(C(N)=O)[C@@]2(O)CC(Cl)=CC=C2C[C@@H](O)CO)cn1. The number of hydrogen-bond donors (Lipinski definition) is 4. The molecule has 1 aliphatic rings. The first-order valence-electron chi connectivity index (χ1n) is 7.20. The molecule has 0 unspecified atom stereocenters. The van der Waals surface area contributed by atoms with E-state index in [1.54, 1.807) is 6.07 Å². The van der Waals surface area contributed by atoms with E-state index in [1.807, 2.05) is 0 Å². The Morgan fingerprint density at radius 3 is 2.72 bits per heavy atom. The van der Waals surface area contributed by atoms with Crippen LogP contribution >= 0.6 is 11.6 Å². The largest absolute Gasteiger partial charge is 0.394 e. The molecule has 0 saturated heterocycles. The summed E-state index contributed by atoms with van der Waals surface area (Å²) in [5.74, 6) is -0.0928. The Hall–Kier alpha value is -2.51. The monoisotopic (exact) mass is 365 g/mol. The number of rotatable bonds is 5. The summed E-state index contributed by atoms with van der Waals surface area (Å²) in [5, 5.41) is 39.0. The lowest BCUT2D eigenvalue weighted by Crippen LogP contribution is -2.57. The fraction of sp³-hybridized carbons (Fsp3) is 0.333. The zero-order valence-corrected chi connectivity index (χ0v) is 13.8. The smallest absolute Gasteiger partial charge is 0.323 e. The molecule has 0 aromatic carbocycles. The number of nitrogens with zero attached hydrogens (tertiary/aromatic N) is 4. The van der Waals surface area contributed by atoms with Crippen molar-refractivity contribution in [2.45, 2.75) is 24.7 Å². The molecule has 9 nitrogen and oxygen atoms in total. The van der Waals surface area contributed by atoms with E-state index in [9.17, 15) is 15.0 Å². The van der Waals surface area contributed by atoms with Gasteiger partial charge < -0.3 is 21.1 Å². The molecule has 2 atom stereocenters. The number of carbonyl (C=O) groups excluding carboxylic acids is 1. The van der Waals surface area contributed by atoms with Crippen LogP contribution < -0.4 is 10.6 Å². The molecule has 0 saturated carbocycles. The quantitative estimate of drug-likeness (QED) is 0.539. The number of anilines is 1. The lowest BCUT2D eigenvalue weighted by molar-refractivity contribution is 0.0530. The molecule has 25 heavy (non-hydrogen) atoms. The van der Waals surface area contributed by atoms with Crippen molar-refractivity contribution in [3.8, 4) is 6.07 Å². The molecule has 2 amide bonds. The Morgan fingerprint density at radius 2 is 2.20 bits per heavy atom. The van der Waals surface area contributed by atoms with Gasteiger partial charge in [0, 0.05) is 17.9 Å². The zero-order valence-electron chi connectivity index (χ0n) is 13.0. The molecule has 5 N–H and O–H groups in total. The Balaban J connectivity index is 2.49. The molecule has 0 radical (unpaired) electrons. The summed E-state index contributed by atoms with van der Waals surface area (Å²) >= 11 is 6.01. The van der Waals surface area contributed by atoms with E-state index in [-0.39, 0.29) is 35.0 Å². The van der Waals surface area contributed by atoms with Crippen molar-refractivity contribution in [1.82, 2.24) is 9.97 Å². The summed E-state index contributed by atoms with van der Waals surface area (Å²) in [6, 6.07) is 0.757. The van der Waals surface area contributed by atoms with Crippen LogP contribution in [0.2, 0.25) is 0 Å². The standard InChI is InChI=1S/C15H16ClN5O4/c16-10-2-1-9(3-12(23)8-22)15(25,4-10)21(14(18)24)13-7-19-11(5-17)6-20-13/h1-2,6-7,12,22-23,25H,3-4,8H2,(H2,18,24)/t12-,15-/m1/s1. The Kier molecular flexibility index (Phi) is 5.71. The maximum atomic E-state index is 12.0. The second kappa shape index (κ2) is 7.58. The minimum absolute atomic E-state index is 0.0215. The van der Waals surface area contributed by atoms with Crippen LogP contribution in [0.15, 0.2) is 35.2 Å². The van der Waals surface area contributed by atoms with Crippen LogP contribution in [-0.2, 0) is 0 Å². The van der Waals surface area contributed by atoms with Crippen LogP contribution in [-0.4, -0.2) is 49.8 Å². The lowest BCUT2D eigenvalue weighted by Gasteiger charge is -2.41. The number of aromatic nitrogens is 2. The number of primary amides is 1. The Labute approximate surface area is 148 Å². The number of aliphatic hydroxyl groups is 3. The van der Waals surface area contributed by atoms with E-state index in [2.05, 4.69) is 9.97 Å². The highest BCUT2D eigenvalue weighted by Gasteiger charge is 2.44. The normalized spacial score (nSPS) is 20.9. The van der Waals surface area contributed by atoms with Crippen LogP contribution in [0.3, 0.4) is 0 Å². The molecule has 10 heteroatoms. The van der Waals surface area contributed by atoms with Gasteiger partial charge in [-0.1, -0.05) is 17.7 Å². The van der Waals surface area contributed by atoms with Crippen molar-refractivity contribution in [2.75, 3.05) is 11.5 Å². The first-order chi connectivity index (χ1) is 11.8. The van der Waals surface area contributed by atoms with Gasteiger partial charge >= 0.3 is 6.03 Å². The van der Waals surface area contributed by atoms with E-state index in [1.165, 1.54) is 12.2 Å². The first-order valence-corrected chi connectivity index (χ1v) is 7.58. The van der Waals surface area contributed by atoms with Gasteiger partial charge in [-0.15, -0.1) is 0 Å². The molecule has 0 bridgehead atoms. The van der Waals surface area contributed by atoms with Crippen LogP contribution in [0.4, 0.5) is 10.6 Å². The molecular weight excluding hydrogens is 350 g/mol. The van der Waals surface area contributed by atoms with Crippen molar-refractivity contribution in [3.63, 3.8) is 0 Å². The van der Waals surface area contributed by atoms with Gasteiger partial charge in [0.2, 0.25) is 0 Å². The topological polar surface area (TPSA) is 157 Å². The summed E-state index contributed by atoms with van der Waals surface area (Å²) < 4.78 is 0. The summed E-state index contributed by atoms with van der Waals surface area (Å²) in [6.07, 6.45) is 3.74. The number of halogens is 1. The van der Waals surface area contributed by atoms with E-state index in [0.29, 0.717) is 0 Å². The Bertz CT molecular complexity index is 758. The van der Waals surface area contributed by atoms with E-state index in [0.717, 1.165) is 17.3 Å². The highest BCUT2D eigenvalue weighted by molar-refractivity contribution is 6.30. The van der Waals surface area contributed by atoms with Gasteiger partial charge in [-0.05, 0) is 11.6 Å². The number of urea groups is 1. The molecule has 132 valence electrons. The average molecular weight is 366 g/mol. The van der Waals surface area contributed by atoms with Crippen LogP contribution in [0.5, 0.6) is 0 Å². The van der Waals surface area contributed by atoms with Crippen LogP contribution in [0, 0.1) is 11.3 Å². The van der Waals surface area contributed by atoms with E-state index in [4.69, 9.17) is 27.7 Å². The van der Waals surface area contributed by atoms with Gasteiger partial charge in [0.05, 0.1) is 25.1 Å². The molecule has 1 aromatic heterocycles. The fourth-order valence-electron chi connectivity index (χ4n) is 2.48. The highest BCUT2D eigenvalue weighted by Crippen LogP contribution is 2.38. The fourth-order valence-corrected chi connectivity index (χ4v) is 2.73. The van der Waals surface area contributed by atoms with Crippen molar-refractivity contribution < 1.29 is 20.1 Å². The summed E-state index contributed by atoms with van der Waals surface area (Å²) in [4.78, 5) is 20.5. The number of amides is 2. The zero-order chi connectivity index (χ0) is 18.6. The molecule has 2 rings (SSSR count). The number of allylic oxidation sites excluding steroid dienone is 2. The maximum Gasteiger partial charge on any atom is 0.323 e. The van der Waals surface area contributed by atoms with Gasteiger partial charge in [-0.2, -0.15) is 5.26 Å². The van der Waals surface area contributed by atoms with Gasteiger partial charge in [0.15, 0.2) is 17.2 Å². The predicted octanol–water partition coefficient (Wildman–Crippen LogP) is 0.118. The molecule has 0 fully saturated rings. The third-order valence-corrected chi connectivity index (χ3v) is 3.89. The number of nitrogens with two attached hydrogens (primary N) is 1. The van der Waals surface area contributed by atoms with Gasteiger partial charge in [0.25, 0.3) is 0 Å². The molecule has 1 aromatic rings. The van der Waals surface area contributed by atoms with Crippen molar-refractivity contribution in [2.24, 2.45) is 5.73 Å². The Morgan fingerprint density at radius 1 is 1.48 bits per heavy atom. The third-order valence-electron chi connectivity index (χ3n) is 3.63. The number of carbonyl (C=O) groups is 1. The van der Waals surface area contributed by atoms with E-state index >= 15 is 0 Å². The highest BCUT2D eigenvalue weighted by atomic mass is 35.5. The lowest BCUT2D eigenvalue weighted by atomic mass is 9.88. The van der Waals surface area contributed by atoms with E-state index < -0.39 is 24.5 Å². The second-order valence-electron chi connectivity index (χ2n) is 5.38. The van der Waals surface area contributed by atoms with Crippen molar-refractivity contribution >= 4 is 23.4 Å². The second-order valence-corrected chi connectivity index (χ2v) is 5.87. The molecular formula is C15H16ClN5O4. The number of nitriles is 1. The summed E-state index contributed by atoms with van der Waals surface area (Å²) in [5.41, 5.74) is 3.65. The predicted molar refractivity (Wildman–Crippen MR) is 88.1 cm³/mol. The van der Waals surface area contributed by atoms with Gasteiger partial charge in [-0.25, -0.2) is 19.7 Å². The molecule has 0 aliphatic heterocycles. The number of hydrogen-bond acceptors (Lipinski definition) is 7. The van der Waals surface area contributed by atoms with Gasteiger partial charge in [0.1, 0.15) is 6.07 Å². The molecule has 1 aliphatic carbocycles. The minimum atomic E-state index is -2.00. The van der Waals surface area contributed by atoms with Crippen LogP contribution in [0.25, 0.3) is 0 Å². The summed E-state index contributed by atoms with van der Waals surface area (Å²) in [6.45, 7) is -0.530. The first kappa shape index (κ1) is 18.8. The maximum absolute atomic E-state index is 12.0. The average Bonchev–Trinajstić information content (AvgIpc) is 2.57. The summed E-state index contributed by atoms with van der Waals surface area (Å²) in [7, 11) is 0. The molecule has 1 heterocycles. The van der Waals surface area contributed by atoms with Crippen molar-refractivity contribution in [3.05, 3.63) is 40.8 Å². The van der Waals surface area contributed by atoms with Crippen molar-refractivity contribution in [1.29, 1.82) is 5.26 Å². The van der Waals surface area contributed by atoms with Crippen LogP contribution in [0.1, 0.15) is 18.5 Å². The minimum Gasteiger partial charge on any atom is -0.394 e. The molecule has 0 spiro atoms. The number of aliphatic hydroxyl groups excluding tert-OH is 2. The van der Waals surface area contributed by atoms with Gasteiger partial charge in [-0.3, -0.25) is 0 Å².